The lowest BCUT2D eigenvalue weighted by Gasteiger charge is -2.13. The molecule has 0 amide bonds. The molecule has 7 nitrogen and oxygen atoms in total. The van der Waals surface area contributed by atoms with E-state index in [1.54, 1.807) is 24.4 Å². The zero-order chi connectivity index (χ0) is 25.2. The van der Waals surface area contributed by atoms with Gasteiger partial charge >= 0.3 is 0 Å². The van der Waals surface area contributed by atoms with Gasteiger partial charge in [-0.15, -0.1) is 0 Å². The summed E-state index contributed by atoms with van der Waals surface area (Å²) in [5.74, 6) is 2.07. The van der Waals surface area contributed by atoms with Crippen molar-refractivity contribution >= 4 is 66.6 Å². The molecule has 0 aliphatic heterocycles. The second kappa shape index (κ2) is 10.4. The third kappa shape index (κ3) is 4.77. The Kier molecular flexibility index (Phi) is 7.10. The first-order valence-corrected chi connectivity index (χ1v) is 13.2. The van der Waals surface area contributed by atoms with E-state index >= 15 is 0 Å². The van der Waals surface area contributed by atoms with Gasteiger partial charge < -0.3 is 13.9 Å². The van der Waals surface area contributed by atoms with E-state index in [4.69, 9.17) is 18.9 Å². The fraction of sp³-hybridized carbons (Fsp3) is 0.148. The highest BCUT2D eigenvalue weighted by molar-refractivity contribution is 14.1. The summed E-state index contributed by atoms with van der Waals surface area (Å²) in [6.07, 6.45) is 1.61. The lowest BCUT2D eigenvalue weighted by Crippen LogP contribution is -2.20. The Morgan fingerprint density at radius 2 is 1.89 bits per heavy atom. The van der Waals surface area contributed by atoms with Gasteiger partial charge in [-0.05, 0) is 90.5 Å². The van der Waals surface area contributed by atoms with Gasteiger partial charge in [-0.2, -0.15) is 9.78 Å². The molecule has 0 atom stereocenters. The maximum atomic E-state index is 13.5. The van der Waals surface area contributed by atoms with Crippen molar-refractivity contribution in [3.63, 3.8) is 0 Å². The average molecular weight is 658 g/mol. The molecule has 3 aromatic carbocycles. The van der Waals surface area contributed by atoms with Crippen LogP contribution in [0.1, 0.15) is 19.4 Å². The van der Waals surface area contributed by atoms with Gasteiger partial charge in [-0.1, -0.05) is 28.1 Å². The number of furan rings is 1. The van der Waals surface area contributed by atoms with Crippen LogP contribution in [0.3, 0.4) is 0 Å². The minimum Gasteiger partial charge on any atom is -0.490 e. The number of para-hydroxylation sites is 1. The Balaban J connectivity index is 1.67. The predicted octanol–water partition coefficient (Wildman–Crippen LogP) is 6.86. The fourth-order valence-corrected chi connectivity index (χ4v) is 5.01. The molecule has 0 unspecified atom stereocenters. The van der Waals surface area contributed by atoms with Crippen LogP contribution >= 0.6 is 38.5 Å². The van der Waals surface area contributed by atoms with E-state index < -0.39 is 0 Å². The van der Waals surface area contributed by atoms with Crippen molar-refractivity contribution in [2.45, 2.75) is 13.8 Å². The molecule has 0 bridgehead atoms. The molecule has 5 aromatic rings. The third-order valence-electron chi connectivity index (χ3n) is 5.40. The van der Waals surface area contributed by atoms with E-state index in [0.717, 1.165) is 19.0 Å². The van der Waals surface area contributed by atoms with E-state index in [9.17, 15) is 4.79 Å². The number of fused-ring (bicyclic) bond motifs is 2. The van der Waals surface area contributed by atoms with Gasteiger partial charge in [0.1, 0.15) is 5.58 Å². The lowest BCUT2D eigenvalue weighted by molar-refractivity contribution is 0.286. The zero-order valence-corrected chi connectivity index (χ0v) is 23.2. The molecule has 0 saturated heterocycles. The summed E-state index contributed by atoms with van der Waals surface area (Å²) in [5, 5.41) is 5.91. The van der Waals surface area contributed by atoms with Crippen LogP contribution in [0.5, 0.6) is 11.5 Å². The van der Waals surface area contributed by atoms with Crippen molar-refractivity contribution in [1.29, 1.82) is 0 Å². The highest BCUT2D eigenvalue weighted by Crippen LogP contribution is 2.34. The van der Waals surface area contributed by atoms with Crippen molar-refractivity contribution in [2.24, 2.45) is 5.10 Å². The Morgan fingerprint density at radius 1 is 1.08 bits per heavy atom. The molecule has 0 saturated carbocycles. The van der Waals surface area contributed by atoms with Gasteiger partial charge in [-0.3, -0.25) is 4.79 Å². The van der Waals surface area contributed by atoms with Crippen molar-refractivity contribution in [3.8, 4) is 23.1 Å². The van der Waals surface area contributed by atoms with Gasteiger partial charge in [0.2, 0.25) is 5.82 Å². The standard InChI is InChI=1S/C27H21BrIN3O4/c1-3-34-23-12-16(11-20(29)25(23)35-4-2)15-30-32-26(31-21-8-6-5-7-19(21)27(32)33)24-14-17-13-18(28)9-10-22(17)36-24/h5-15H,3-4H2,1-2H3. The van der Waals surface area contributed by atoms with Crippen molar-refractivity contribution in [3.05, 3.63) is 84.6 Å². The van der Waals surface area contributed by atoms with Crippen LogP contribution in [0.25, 0.3) is 33.5 Å². The third-order valence-corrected chi connectivity index (χ3v) is 6.69. The van der Waals surface area contributed by atoms with Crippen LogP contribution in [0.4, 0.5) is 0 Å². The number of ether oxygens (including phenoxy) is 2. The Labute approximate surface area is 229 Å². The molecule has 0 aliphatic rings. The van der Waals surface area contributed by atoms with Crippen LogP contribution in [-0.2, 0) is 0 Å². The van der Waals surface area contributed by atoms with E-state index in [1.807, 2.05) is 56.3 Å². The molecule has 2 heterocycles. The highest BCUT2D eigenvalue weighted by atomic mass is 127. The minimum atomic E-state index is -0.292. The molecule has 0 fully saturated rings. The number of halogens is 2. The van der Waals surface area contributed by atoms with Crippen LogP contribution in [0.15, 0.2) is 79.4 Å². The zero-order valence-electron chi connectivity index (χ0n) is 19.5. The Bertz CT molecular complexity index is 1680. The summed E-state index contributed by atoms with van der Waals surface area (Å²) in [5.41, 5.74) is 1.72. The van der Waals surface area contributed by atoms with Gasteiger partial charge in [0, 0.05) is 9.86 Å². The van der Waals surface area contributed by atoms with E-state index in [2.05, 4.69) is 43.6 Å². The normalized spacial score (nSPS) is 11.6. The van der Waals surface area contributed by atoms with Crippen molar-refractivity contribution in [2.75, 3.05) is 13.2 Å². The molecule has 5 rings (SSSR count). The molecular weight excluding hydrogens is 637 g/mol. The number of nitrogens with zero attached hydrogens (tertiary/aromatic N) is 3. The summed E-state index contributed by atoms with van der Waals surface area (Å²) in [6, 6.07) is 18.5. The maximum absolute atomic E-state index is 13.5. The average Bonchev–Trinajstić information content (AvgIpc) is 3.28. The Hall–Kier alpha value is -3.18. The number of hydrogen-bond donors (Lipinski definition) is 0. The van der Waals surface area contributed by atoms with Crippen LogP contribution in [-0.4, -0.2) is 29.1 Å². The second-order valence-corrected chi connectivity index (χ2v) is 9.88. The summed E-state index contributed by atoms with van der Waals surface area (Å²) in [7, 11) is 0. The Morgan fingerprint density at radius 3 is 2.69 bits per heavy atom. The van der Waals surface area contributed by atoms with Gasteiger partial charge in [0.15, 0.2) is 17.3 Å². The van der Waals surface area contributed by atoms with E-state index in [1.165, 1.54) is 4.68 Å². The molecule has 9 heteroatoms. The molecule has 0 N–H and O–H groups in total. The maximum Gasteiger partial charge on any atom is 0.282 e. The number of hydrogen-bond acceptors (Lipinski definition) is 6. The van der Waals surface area contributed by atoms with E-state index in [-0.39, 0.29) is 5.56 Å². The van der Waals surface area contributed by atoms with Crippen LogP contribution in [0, 0.1) is 3.57 Å². The molecular formula is C27H21BrIN3O4. The highest BCUT2D eigenvalue weighted by Gasteiger charge is 2.17. The fourth-order valence-electron chi connectivity index (χ4n) is 3.85. The second-order valence-electron chi connectivity index (χ2n) is 7.80. The monoisotopic (exact) mass is 657 g/mol. The number of rotatable bonds is 7. The SMILES string of the molecule is CCOc1cc(C=Nn2c(-c3cc4cc(Br)ccc4o3)nc3ccccc3c2=O)cc(I)c1OCC. The van der Waals surface area contributed by atoms with Gasteiger partial charge in [0.05, 0.1) is 33.9 Å². The number of benzene rings is 3. The summed E-state index contributed by atoms with van der Waals surface area (Å²) in [6.45, 7) is 4.87. The first-order chi connectivity index (χ1) is 17.5. The molecule has 0 aliphatic carbocycles. The first kappa shape index (κ1) is 24.5. The van der Waals surface area contributed by atoms with Crippen molar-refractivity contribution < 1.29 is 13.9 Å². The summed E-state index contributed by atoms with van der Waals surface area (Å²) < 4.78 is 20.7. The first-order valence-electron chi connectivity index (χ1n) is 11.3. The van der Waals surface area contributed by atoms with E-state index in [0.29, 0.717) is 52.8 Å². The summed E-state index contributed by atoms with van der Waals surface area (Å²) in [4.78, 5) is 18.2. The largest absolute Gasteiger partial charge is 0.490 e. The van der Waals surface area contributed by atoms with Crippen LogP contribution in [0.2, 0.25) is 0 Å². The van der Waals surface area contributed by atoms with Gasteiger partial charge in [0.25, 0.3) is 5.56 Å². The molecule has 0 spiro atoms. The topological polar surface area (TPSA) is 78.9 Å². The van der Waals surface area contributed by atoms with Crippen molar-refractivity contribution in [1.82, 2.24) is 9.66 Å². The van der Waals surface area contributed by atoms with Crippen LogP contribution < -0.4 is 15.0 Å². The molecule has 2 aromatic heterocycles. The predicted molar refractivity (Wildman–Crippen MR) is 153 cm³/mol. The molecule has 36 heavy (non-hydrogen) atoms. The minimum absolute atomic E-state index is 0.292. The molecule has 0 radical (unpaired) electrons. The lowest BCUT2D eigenvalue weighted by atomic mass is 10.2. The smallest absolute Gasteiger partial charge is 0.282 e. The quantitative estimate of drug-likeness (QED) is 0.141. The molecule has 182 valence electrons. The summed E-state index contributed by atoms with van der Waals surface area (Å²) >= 11 is 5.70. The number of aromatic nitrogens is 2. The van der Waals surface area contributed by atoms with Gasteiger partial charge in [-0.25, -0.2) is 4.98 Å².